The van der Waals surface area contributed by atoms with E-state index in [9.17, 15) is 4.79 Å². The molecule has 2 fully saturated rings. The molecule has 0 bridgehead atoms. The number of amides is 1. The summed E-state index contributed by atoms with van der Waals surface area (Å²) in [6.07, 6.45) is 4.84. The molecule has 0 radical (unpaired) electrons. The maximum Gasteiger partial charge on any atom is 0.240 e. The molecule has 3 heterocycles. The molecule has 2 aliphatic rings. The van der Waals surface area contributed by atoms with Crippen LogP contribution in [0.3, 0.4) is 0 Å². The first-order valence-electron chi connectivity index (χ1n) is 10.5. The van der Waals surface area contributed by atoms with Gasteiger partial charge in [-0.3, -0.25) is 14.6 Å². The fourth-order valence-corrected chi connectivity index (χ4v) is 4.77. The van der Waals surface area contributed by atoms with Crippen LogP contribution >= 0.6 is 0 Å². The van der Waals surface area contributed by atoms with Gasteiger partial charge in [0.05, 0.1) is 6.61 Å². The maximum atomic E-state index is 12.3. The van der Waals surface area contributed by atoms with E-state index in [1.54, 1.807) is 7.11 Å². The molecule has 1 unspecified atom stereocenters. The number of carbonyl (C=O) groups excluding carboxylic acids is 1. The van der Waals surface area contributed by atoms with Gasteiger partial charge in [-0.1, -0.05) is 18.2 Å². The maximum absolute atomic E-state index is 12.3. The van der Waals surface area contributed by atoms with Gasteiger partial charge in [0.2, 0.25) is 5.91 Å². The lowest BCUT2D eigenvalue weighted by Gasteiger charge is -2.42. The lowest BCUT2D eigenvalue weighted by Crippen LogP contribution is -2.54. The van der Waals surface area contributed by atoms with Crippen molar-refractivity contribution in [3.05, 3.63) is 36.0 Å². The van der Waals surface area contributed by atoms with E-state index < -0.39 is 0 Å². The third-order valence-corrected chi connectivity index (χ3v) is 6.25. The Morgan fingerprint density at radius 2 is 2.14 bits per heavy atom. The number of para-hydroxylation sites is 1. The average molecular weight is 385 g/mol. The van der Waals surface area contributed by atoms with Gasteiger partial charge < -0.3 is 14.6 Å². The molecule has 1 aromatic carbocycles. The normalized spacial score (nSPS) is 23.2. The highest BCUT2D eigenvalue weighted by atomic mass is 16.5. The molecular formula is C22H32N4O2. The van der Waals surface area contributed by atoms with E-state index >= 15 is 0 Å². The monoisotopic (exact) mass is 384 g/mol. The minimum Gasteiger partial charge on any atom is -0.383 e. The van der Waals surface area contributed by atoms with Crippen LogP contribution in [0.4, 0.5) is 0 Å². The van der Waals surface area contributed by atoms with Gasteiger partial charge in [0.15, 0.2) is 0 Å². The van der Waals surface area contributed by atoms with Gasteiger partial charge in [-0.05, 0) is 37.9 Å². The Balaban J connectivity index is 1.50. The molecule has 2 aromatic rings. The van der Waals surface area contributed by atoms with Crippen LogP contribution < -0.4 is 5.32 Å². The van der Waals surface area contributed by atoms with Crippen molar-refractivity contribution in [1.82, 2.24) is 19.7 Å². The molecule has 0 spiro atoms. The second-order valence-corrected chi connectivity index (χ2v) is 8.21. The van der Waals surface area contributed by atoms with Crippen LogP contribution in [0.2, 0.25) is 0 Å². The summed E-state index contributed by atoms with van der Waals surface area (Å²) < 4.78 is 7.10. The molecule has 1 N–H and O–H groups in total. The largest absolute Gasteiger partial charge is 0.383 e. The van der Waals surface area contributed by atoms with Crippen LogP contribution in [0.5, 0.6) is 0 Å². The van der Waals surface area contributed by atoms with Crippen molar-refractivity contribution in [2.75, 3.05) is 39.9 Å². The van der Waals surface area contributed by atoms with Crippen LogP contribution in [0.1, 0.15) is 25.3 Å². The molecule has 0 saturated carbocycles. The minimum atomic E-state index is 0.0253. The van der Waals surface area contributed by atoms with Crippen LogP contribution in [0.25, 0.3) is 10.9 Å². The predicted octanol–water partition coefficient (Wildman–Crippen LogP) is 2.07. The summed E-state index contributed by atoms with van der Waals surface area (Å²) in [5.41, 5.74) is 2.45. The summed E-state index contributed by atoms with van der Waals surface area (Å²) in [7, 11) is 1.64. The van der Waals surface area contributed by atoms with Crippen LogP contribution in [0.15, 0.2) is 30.5 Å². The summed E-state index contributed by atoms with van der Waals surface area (Å²) in [5, 5.41) is 4.18. The number of carbonyl (C=O) groups is 1. The van der Waals surface area contributed by atoms with Crippen LogP contribution in [0, 0.1) is 0 Å². The fraction of sp³-hybridized carbons (Fsp3) is 0.591. The zero-order valence-corrected chi connectivity index (χ0v) is 17.1. The van der Waals surface area contributed by atoms with E-state index in [0.29, 0.717) is 25.7 Å². The molecule has 28 heavy (non-hydrogen) atoms. The topological polar surface area (TPSA) is 49.7 Å². The van der Waals surface area contributed by atoms with Gasteiger partial charge in [-0.2, -0.15) is 0 Å². The van der Waals surface area contributed by atoms with Gasteiger partial charge in [0.1, 0.15) is 6.54 Å². The van der Waals surface area contributed by atoms with Crippen LogP contribution in [-0.2, 0) is 22.6 Å². The number of hydrogen-bond donors (Lipinski definition) is 1. The zero-order valence-electron chi connectivity index (χ0n) is 17.1. The van der Waals surface area contributed by atoms with E-state index in [0.717, 1.165) is 24.6 Å². The first-order chi connectivity index (χ1) is 13.7. The van der Waals surface area contributed by atoms with Crippen molar-refractivity contribution in [1.29, 1.82) is 0 Å². The smallest absolute Gasteiger partial charge is 0.240 e. The summed E-state index contributed by atoms with van der Waals surface area (Å²) in [6, 6.07) is 9.71. The molecule has 1 aromatic heterocycles. The Hall–Kier alpha value is -1.89. The summed E-state index contributed by atoms with van der Waals surface area (Å²) in [4.78, 5) is 17.6. The first kappa shape index (κ1) is 19.4. The number of methoxy groups -OCH3 is 1. The molecule has 1 amide bonds. The molecule has 2 aliphatic heterocycles. The number of hydrogen-bond acceptors (Lipinski definition) is 4. The molecular weight excluding hydrogens is 352 g/mol. The number of fused-ring (bicyclic) bond motifs is 2. The molecule has 6 heteroatoms. The van der Waals surface area contributed by atoms with Crippen molar-refractivity contribution in [3.8, 4) is 0 Å². The average Bonchev–Trinajstić information content (AvgIpc) is 3.27. The Labute approximate surface area is 167 Å². The number of nitrogens with zero attached hydrogens (tertiary/aromatic N) is 3. The third-order valence-electron chi connectivity index (χ3n) is 6.25. The summed E-state index contributed by atoms with van der Waals surface area (Å²) in [6.45, 7) is 8.31. The Morgan fingerprint density at radius 1 is 1.29 bits per heavy atom. The molecule has 2 atom stereocenters. The minimum absolute atomic E-state index is 0.0253. The van der Waals surface area contributed by atoms with Crippen molar-refractivity contribution in [3.63, 3.8) is 0 Å². The number of ether oxygens (including phenoxy) is 1. The van der Waals surface area contributed by atoms with E-state index in [1.165, 1.54) is 36.9 Å². The van der Waals surface area contributed by atoms with Crippen molar-refractivity contribution in [2.24, 2.45) is 0 Å². The molecule has 4 rings (SSSR count). The van der Waals surface area contributed by atoms with Gasteiger partial charge in [0.25, 0.3) is 0 Å². The van der Waals surface area contributed by atoms with Crippen molar-refractivity contribution < 1.29 is 9.53 Å². The second kappa shape index (κ2) is 8.64. The van der Waals surface area contributed by atoms with Gasteiger partial charge in [-0.15, -0.1) is 0 Å². The van der Waals surface area contributed by atoms with E-state index in [4.69, 9.17) is 4.74 Å². The Kier molecular flexibility index (Phi) is 5.99. The zero-order chi connectivity index (χ0) is 19.5. The van der Waals surface area contributed by atoms with Crippen molar-refractivity contribution in [2.45, 2.75) is 44.9 Å². The van der Waals surface area contributed by atoms with Crippen LogP contribution in [-0.4, -0.2) is 72.3 Å². The van der Waals surface area contributed by atoms with Gasteiger partial charge in [-0.25, -0.2) is 0 Å². The molecule has 0 aliphatic carbocycles. The molecule has 2 saturated heterocycles. The lowest BCUT2D eigenvalue weighted by atomic mass is 10.1. The Bertz CT molecular complexity index is 818. The number of piperazine rings is 1. The quantitative estimate of drug-likeness (QED) is 0.743. The SMILES string of the molecule is COCCNC(=O)Cn1cc(CN2CC3CCCN3C[C@@H]2C)c2ccccc21. The highest BCUT2D eigenvalue weighted by molar-refractivity contribution is 5.86. The standard InChI is InChI=1S/C22H32N4O2/c1-17-12-24-10-5-6-19(24)15-25(17)13-18-14-26(16-22(27)23-9-11-28-2)21-8-4-3-7-20(18)21/h3-4,7-8,14,17,19H,5-6,9-13,15-16H2,1-2H3,(H,23,27)/t17-,19?/m0/s1. The third kappa shape index (κ3) is 4.09. The fourth-order valence-electron chi connectivity index (χ4n) is 4.77. The summed E-state index contributed by atoms with van der Waals surface area (Å²) in [5.74, 6) is 0.0253. The van der Waals surface area contributed by atoms with E-state index in [2.05, 4.69) is 51.0 Å². The second-order valence-electron chi connectivity index (χ2n) is 8.21. The number of rotatable bonds is 7. The predicted molar refractivity (Wildman–Crippen MR) is 111 cm³/mol. The highest BCUT2D eigenvalue weighted by Gasteiger charge is 2.34. The first-order valence-corrected chi connectivity index (χ1v) is 10.5. The summed E-state index contributed by atoms with van der Waals surface area (Å²) >= 11 is 0. The molecule has 6 nitrogen and oxygen atoms in total. The van der Waals surface area contributed by atoms with E-state index in [-0.39, 0.29) is 5.91 Å². The van der Waals surface area contributed by atoms with E-state index in [1.807, 2.05) is 6.07 Å². The molecule has 152 valence electrons. The lowest BCUT2D eigenvalue weighted by molar-refractivity contribution is -0.121. The van der Waals surface area contributed by atoms with Gasteiger partial charge >= 0.3 is 0 Å². The van der Waals surface area contributed by atoms with Crippen molar-refractivity contribution >= 4 is 16.8 Å². The Morgan fingerprint density at radius 3 is 3.00 bits per heavy atom. The van der Waals surface area contributed by atoms with Gasteiger partial charge in [0, 0.05) is 62.5 Å². The number of benzene rings is 1. The number of nitrogens with one attached hydrogen (secondary N) is 1. The highest BCUT2D eigenvalue weighted by Crippen LogP contribution is 2.28. The number of aromatic nitrogens is 1.